The number of hydrogen-bond acceptors (Lipinski definition) is 5. The van der Waals surface area contributed by atoms with Crippen molar-refractivity contribution in [1.82, 2.24) is 19.3 Å². The minimum atomic E-state index is -0.273. The molecule has 0 radical (unpaired) electrons. The lowest BCUT2D eigenvalue weighted by Gasteiger charge is -2.05. The molecule has 0 aliphatic carbocycles. The first-order valence-electron chi connectivity index (χ1n) is 5.26. The van der Waals surface area contributed by atoms with Gasteiger partial charge in [-0.3, -0.25) is 14.0 Å². The number of anilines is 1. The van der Waals surface area contributed by atoms with Gasteiger partial charge >= 0.3 is 5.97 Å². The highest BCUT2D eigenvalue weighted by Gasteiger charge is 2.16. The monoisotopic (exact) mass is 237 g/mol. The second-order valence-electron chi connectivity index (χ2n) is 3.83. The van der Waals surface area contributed by atoms with E-state index in [1.165, 1.54) is 7.11 Å². The molecule has 0 saturated heterocycles. The number of ether oxygens (including phenoxy) is 1. The standard InChI is InChI=1S/C10H15N5O2/c1-6-8-9(14(2)13-6)15(10(11)12-8)5-4-7(16)17-3/h4-5H2,1-3H3,(H2,11,12). The van der Waals surface area contributed by atoms with Gasteiger partial charge in [-0.15, -0.1) is 0 Å². The third-order valence-corrected chi connectivity index (χ3v) is 2.69. The van der Waals surface area contributed by atoms with Gasteiger partial charge in [-0.1, -0.05) is 0 Å². The summed E-state index contributed by atoms with van der Waals surface area (Å²) in [5.41, 5.74) is 8.24. The van der Waals surface area contributed by atoms with Crippen LogP contribution in [0.3, 0.4) is 0 Å². The number of carbonyl (C=O) groups excluding carboxylic acids is 1. The molecule has 17 heavy (non-hydrogen) atoms. The summed E-state index contributed by atoms with van der Waals surface area (Å²) in [6.07, 6.45) is 0.260. The van der Waals surface area contributed by atoms with Gasteiger partial charge in [-0.25, -0.2) is 4.98 Å². The lowest BCUT2D eigenvalue weighted by atomic mass is 10.4. The van der Waals surface area contributed by atoms with Gasteiger partial charge in [0.05, 0.1) is 19.2 Å². The fourth-order valence-electron chi connectivity index (χ4n) is 1.88. The van der Waals surface area contributed by atoms with Crippen LogP contribution in [-0.4, -0.2) is 32.4 Å². The number of fused-ring (bicyclic) bond motifs is 1. The molecular weight excluding hydrogens is 222 g/mol. The second-order valence-corrected chi connectivity index (χ2v) is 3.83. The van der Waals surface area contributed by atoms with Gasteiger partial charge < -0.3 is 10.5 Å². The number of nitrogen functional groups attached to an aromatic ring is 1. The van der Waals surface area contributed by atoms with Gasteiger partial charge in [0.15, 0.2) is 5.65 Å². The predicted octanol–water partition coefficient (Wildman–Crippen LogP) is 0.224. The van der Waals surface area contributed by atoms with Crippen molar-refractivity contribution in [3.05, 3.63) is 5.69 Å². The van der Waals surface area contributed by atoms with Gasteiger partial charge in [0.1, 0.15) is 5.52 Å². The molecule has 2 N–H and O–H groups in total. The summed E-state index contributed by atoms with van der Waals surface area (Å²) in [5, 5.41) is 4.26. The smallest absolute Gasteiger partial charge is 0.307 e. The van der Waals surface area contributed by atoms with Crippen molar-refractivity contribution in [2.45, 2.75) is 19.9 Å². The first-order chi connectivity index (χ1) is 8.04. The van der Waals surface area contributed by atoms with E-state index in [4.69, 9.17) is 5.73 Å². The number of aryl methyl sites for hydroxylation is 3. The quantitative estimate of drug-likeness (QED) is 0.772. The van der Waals surface area contributed by atoms with Crippen LogP contribution in [0.2, 0.25) is 0 Å². The third kappa shape index (κ3) is 1.83. The molecule has 0 aliphatic rings. The van der Waals surface area contributed by atoms with Crippen LogP contribution in [-0.2, 0) is 23.1 Å². The molecule has 2 aromatic rings. The van der Waals surface area contributed by atoms with Crippen molar-refractivity contribution in [3.63, 3.8) is 0 Å². The molecule has 0 spiro atoms. The lowest BCUT2D eigenvalue weighted by Crippen LogP contribution is -2.11. The highest BCUT2D eigenvalue weighted by atomic mass is 16.5. The molecule has 0 fully saturated rings. The minimum Gasteiger partial charge on any atom is -0.469 e. The van der Waals surface area contributed by atoms with Crippen molar-refractivity contribution in [2.75, 3.05) is 12.8 Å². The molecule has 0 bridgehead atoms. The van der Waals surface area contributed by atoms with Crippen molar-refractivity contribution in [3.8, 4) is 0 Å². The lowest BCUT2D eigenvalue weighted by molar-refractivity contribution is -0.140. The Morgan fingerprint density at radius 2 is 2.24 bits per heavy atom. The molecule has 0 saturated carbocycles. The Morgan fingerprint density at radius 1 is 1.53 bits per heavy atom. The van der Waals surface area contributed by atoms with Gasteiger partial charge in [-0.2, -0.15) is 5.10 Å². The second kappa shape index (κ2) is 4.08. The van der Waals surface area contributed by atoms with E-state index < -0.39 is 0 Å². The average Bonchev–Trinajstić information content (AvgIpc) is 2.75. The summed E-state index contributed by atoms with van der Waals surface area (Å²) in [4.78, 5) is 15.4. The third-order valence-electron chi connectivity index (χ3n) is 2.69. The summed E-state index contributed by atoms with van der Waals surface area (Å²) in [7, 11) is 3.19. The molecule has 2 rings (SSSR count). The van der Waals surface area contributed by atoms with Crippen LogP contribution in [0.1, 0.15) is 12.1 Å². The summed E-state index contributed by atoms with van der Waals surface area (Å²) in [5.74, 6) is 0.116. The van der Waals surface area contributed by atoms with Gasteiger partial charge in [-0.05, 0) is 6.92 Å². The van der Waals surface area contributed by atoms with Crippen LogP contribution < -0.4 is 5.73 Å². The summed E-state index contributed by atoms with van der Waals surface area (Å²) in [6.45, 7) is 2.31. The molecule has 0 atom stereocenters. The molecule has 0 amide bonds. The molecular formula is C10H15N5O2. The summed E-state index contributed by atoms with van der Waals surface area (Å²) >= 11 is 0. The van der Waals surface area contributed by atoms with Crippen molar-refractivity contribution in [2.24, 2.45) is 7.05 Å². The molecule has 0 unspecified atom stereocenters. The molecule has 7 nitrogen and oxygen atoms in total. The Morgan fingerprint density at radius 3 is 2.88 bits per heavy atom. The van der Waals surface area contributed by atoms with E-state index in [0.29, 0.717) is 12.5 Å². The van der Waals surface area contributed by atoms with Gasteiger partial charge in [0.25, 0.3) is 0 Å². The Balaban J connectivity index is 2.39. The first kappa shape index (κ1) is 11.4. The largest absolute Gasteiger partial charge is 0.469 e. The van der Waals surface area contributed by atoms with E-state index >= 15 is 0 Å². The van der Waals surface area contributed by atoms with Crippen LogP contribution in [0.15, 0.2) is 0 Å². The van der Waals surface area contributed by atoms with E-state index in [1.54, 1.807) is 9.25 Å². The summed E-state index contributed by atoms with van der Waals surface area (Å²) < 4.78 is 8.08. The zero-order valence-electron chi connectivity index (χ0n) is 10.1. The number of hydrogen-bond donors (Lipinski definition) is 1. The number of esters is 1. The Kier molecular flexibility index (Phi) is 2.74. The van der Waals surface area contributed by atoms with Crippen LogP contribution in [0.4, 0.5) is 5.95 Å². The van der Waals surface area contributed by atoms with E-state index in [0.717, 1.165) is 16.9 Å². The number of aromatic nitrogens is 4. The number of imidazole rings is 1. The van der Waals surface area contributed by atoms with Gasteiger partial charge in [0, 0.05) is 13.6 Å². The number of methoxy groups -OCH3 is 1. The minimum absolute atomic E-state index is 0.260. The highest BCUT2D eigenvalue weighted by Crippen LogP contribution is 2.20. The zero-order chi connectivity index (χ0) is 12.6. The van der Waals surface area contributed by atoms with E-state index in [9.17, 15) is 4.79 Å². The maximum absolute atomic E-state index is 11.1. The van der Waals surface area contributed by atoms with Crippen molar-refractivity contribution in [1.29, 1.82) is 0 Å². The Hall–Kier alpha value is -2.05. The molecule has 0 aliphatic heterocycles. The number of nitrogens with zero attached hydrogens (tertiary/aromatic N) is 4. The SMILES string of the molecule is COC(=O)CCn1c(N)nc2c(C)nn(C)c21. The highest BCUT2D eigenvalue weighted by molar-refractivity contribution is 5.78. The first-order valence-corrected chi connectivity index (χ1v) is 5.26. The van der Waals surface area contributed by atoms with Crippen molar-refractivity contribution < 1.29 is 9.53 Å². The topological polar surface area (TPSA) is 88.0 Å². The maximum Gasteiger partial charge on any atom is 0.307 e. The Labute approximate surface area is 98.2 Å². The number of nitrogens with two attached hydrogens (primary N) is 1. The van der Waals surface area contributed by atoms with Crippen LogP contribution in [0, 0.1) is 6.92 Å². The fourth-order valence-corrected chi connectivity index (χ4v) is 1.88. The van der Waals surface area contributed by atoms with E-state index in [-0.39, 0.29) is 12.4 Å². The maximum atomic E-state index is 11.1. The van der Waals surface area contributed by atoms with E-state index in [2.05, 4.69) is 14.8 Å². The van der Waals surface area contributed by atoms with Crippen LogP contribution in [0.25, 0.3) is 11.2 Å². The summed E-state index contributed by atoms with van der Waals surface area (Å²) in [6, 6.07) is 0. The van der Waals surface area contributed by atoms with Gasteiger partial charge in [0.2, 0.25) is 5.95 Å². The zero-order valence-corrected chi connectivity index (χ0v) is 10.1. The van der Waals surface area contributed by atoms with Crippen LogP contribution >= 0.6 is 0 Å². The normalized spacial score (nSPS) is 11.0. The molecule has 2 heterocycles. The number of carbonyl (C=O) groups is 1. The van der Waals surface area contributed by atoms with Crippen LogP contribution in [0.5, 0.6) is 0 Å². The molecule has 92 valence electrons. The van der Waals surface area contributed by atoms with Crippen molar-refractivity contribution >= 4 is 23.1 Å². The Bertz CT molecular complexity index is 569. The predicted molar refractivity (Wildman–Crippen MR) is 62.3 cm³/mol. The van der Waals surface area contributed by atoms with E-state index in [1.807, 2.05) is 14.0 Å². The molecule has 0 aromatic carbocycles. The average molecular weight is 237 g/mol. The molecule has 7 heteroatoms. The fraction of sp³-hybridized carbons (Fsp3) is 0.500. The number of rotatable bonds is 3. The molecule has 2 aromatic heterocycles.